The molecule has 1 aliphatic carbocycles. The number of thiophene rings is 1. The van der Waals surface area contributed by atoms with E-state index in [-0.39, 0.29) is 23.9 Å². The van der Waals surface area contributed by atoms with E-state index in [4.69, 9.17) is 11.5 Å². The third kappa shape index (κ3) is 4.58. The Morgan fingerprint density at radius 1 is 1.30 bits per heavy atom. The summed E-state index contributed by atoms with van der Waals surface area (Å²) < 4.78 is 0. The van der Waals surface area contributed by atoms with Gasteiger partial charge < -0.3 is 26.6 Å². The molecular weight excluding hydrogens is 400 g/mol. The maximum atomic E-state index is 13.3. The molecule has 168 valence electrons. The number of fused-ring (bicyclic) bond motifs is 2. The Labute approximate surface area is 183 Å². The molecule has 3 rings (SSSR count). The fourth-order valence-electron chi connectivity index (χ4n) is 5.05. The monoisotopic (exact) mass is 436 g/mol. The van der Waals surface area contributed by atoms with Gasteiger partial charge in [-0.3, -0.25) is 9.69 Å². The number of carbonyl (C=O) groups is 2. The molecule has 1 aromatic heterocycles. The van der Waals surface area contributed by atoms with Crippen molar-refractivity contribution in [1.29, 1.82) is 0 Å². The van der Waals surface area contributed by atoms with Crippen molar-refractivity contribution in [2.24, 2.45) is 11.8 Å². The van der Waals surface area contributed by atoms with Crippen LogP contribution >= 0.6 is 11.3 Å². The van der Waals surface area contributed by atoms with Crippen LogP contribution in [0.4, 0.5) is 15.5 Å². The molecule has 2 heterocycles. The minimum absolute atomic E-state index is 0.0310. The van der Waals surface area contributed by atoms with Crippen molar-refractivity contribution in [2.75, 3.05) is 52.2 Å². The molecule has 3 amide bonds. The zero-order valence-electron chi connectivity index (χ0n) is 18.8. The summed E-state index contributed by atoms with van der Waals surface area (Å²) in [5.74, 6) is 0.0711. The van der Waals surface area contributed by atoms with Gasteiger partial charge >= 0.3 is 6.03 Å². The molecule has 0 bridgehead atoms. The number of urea groups is 1. The van der Waals surface area contributed by atoms with Gasteiger partial charge in [-0.05, 0) is 65.7 Å². The fourth-order valence-corrected chi connectivity index (χ4v) is 6.12. The predicted octanol–water partition coefficient (Wildman–Crippen LogP) is 1.46. The van der Waals surface area contributed by atoms with Crippen LogP contribution in [0.25, 0.3) is 0 Å². The lowest BCUT2D eigenvalue weighted by Gasteiger charge is -2.45. The molecule has 1 aliphatic heterocycles. The molecule has 0 saturated carbocycles. The van der Waals surface area contributed by atoms with Crippen molar-refractivity contribution >= 4 is 34.0 Å². The van der Waals surface area contributed by atoms with Crippen molar-refractivity contribution in [3.8, 4) is 0 Å². The standard InChI is InChI=1S/C21H36N6O2S/c1-6-27(21(29)24-12(2)10-25(3)4)20(28)14-7-13-8-15-17(30-19(23)18(15)22)9-16(13)26(5)11-14/h12-14,16H,6-11,22-23H2,1-5H3,(H,24,29)/t12-,13+,14+,16+/m0/s1. The van der Waals surface area contributed by atoms with E-state index in [2.05, 4.69) is 17.3 Å². The second kappa shape index (κ2) is 9.11. The molecule has 5 N–H and O–H groups in total. The number of amides is 3. The molecule has 1 saturated heterocycles. The maximum absolute atomic E-state index is 13.3. The average Bonchev–Trinajstić information content (AvgIpc) is 2.93. The minimum Gasteiger partial charge on any atom is -0.396 e. The number of piperidine rings is 1. The van der Waals surface area contributed by atoms with Crippen LogP contribution in [0, 0.1) is 11.8 Å². The molecule has 1 aromatic rings. The SMILES string of the molecule is CCN(C(=O)N[C@@H](C)CN(C)C)C(=O)[C@@H]1C[C@@H]2Cc3c(sc(N)c3N)C[C@H]2N(C)C1. The normalized spacial score (nSPS) is 24.8. The molecule has 4 atom stereocenters. The quantitative estimate of drug-likeness (QED) is 0.645. The van der Waals surface area contributed by atoms with Crippen molar-refractivity contribution in [3.63, 3.8) is 0 Å². The molecule has 9 heteroatoms. The third-order valence-electron chi connectivity index (χ3n) is 6.41. The lowest BCUT2D eigenvalue weighted by Crippen LogP contribution is -2.56. The van der Waals surface area contributed by atoms with Crippen LogP contribution in [-0.4, -0.2) is 79.5 Å². The van der Waals surface area contributed by atoms with E-state index in [1.807, 2.05) is 32.8 Å². The first-order valence-electron chi connectivity index (χ1n) is 10.7. The highest BCUT2D eigenvalue weighted by Crippen LogP contribution is 2.44. The number of nitrogens with zero attached hydrogens (tertiary/aromatic N) is 3. The molecule has 0 spiro atoms. The Morgan fingerprint density at radius 2 is 2.00 bits per heavy atom. The smallest absolute Gasteiger partial charge is 0.324 e. The van der Waals surface area contributed by atoms with Gasteiger partial charge in [-0.25, -0.2) is 4.79 Å². The van der Waals surface area contributed by atoms with Crippen LogP contribution in [0.15, 0.2) is 0 Å². The number of nitrogen functional groups attached to an aromatic ring is 2. The van der Waals surface area contributed by atoms with Gasteiger partial charge in [0.25, 0.3) is 0 Å². The van der Waals surface area contributed by atoms with Crippen molar-refractivity contribution in [1.82, 2.24) is 20.0 Å². The molecule has 2 aliphatic rings. The third-order valence-corrected chi connectivity index (χ3v) is 7.51. The van der Waals surface area contributed by atoms with Gasteiger partial charge in [0.15, 0.2) is 0 Å². The summed E-state index contributed by atoms with van der Waals surface area (Å²) in [6, 6.07) is 0.0574. The summed E-state index contributed by atoms with van der Waals surface area (Å²) in [6.07, 6.45) is 2.56. The zero-order chi connectivity index (χ0) is 22.2. The second-order valence-electron chi connectivity index (χ2n) is 9.08. The van der Waals surface area contributed by atoms with Crippen LogP contribution in [0.1, 0.15) is 30.7 Å². The number of hydrogen-bond donors (Lipinski definition) is 3. The Kier molecular flexibility index (Phi) is 6.94. The van der Waals surface area contributed by atoms with Crippen LogP contribution < -0.4 is 16.8 Å². The van der Waals surface area contributed by atoms with Gasteiger partial charge in [-0.15, -0.1) is 11.3 Å². The van der Waals surface area contributed by atoms with Crippen molar-refractivity contribution in [2.45, 2.75) is 45.2 Å². The number of nitrogens with two attached hydrogens (primary N) is 2. The second-order valence-corrected chi connectivity index (χ2v) is 10.2. The highest BCUT2D eigenvalue weighted by Gasteiger charge is 2.42. The largest absolute Gasteiger partial charge is 0.396 e. The van der Waals surface area contributed by atoms with Gasteiger partial charge in [0.1, 0.15) is 5.00 Å². The van der Waals surface area contributed by atoms with Gasteiger partial charge in [0.05, 0.1) is 11.6 Å². The zero-order valence-corrected chi connectivity index (χ0v) is 19.6. The van der Waals surface area contributed by atoms with Crippen molar-refractivity contribution in [3.05, 3.63) is 10.4 Å². The molecule has 8 nitrogen and oxygen atoms in total. The van der Waals surface area contributed by atoms with E-state index in [9.17, 15) is 9.59 Å². The minimum atomic E-state index is -0.303. The summed E-state index contributed by atoms with van der Waals surface area (Å²) in [7, 11) is 6.00. The molecule has 0 unspecified atom stereocenters. The number of likely N-dealkylation sites (tertiary alicyclic amines) is 1. The fraction of sp³-hybridized carbons (Fsp3) is 0.714. The van der Waals surface area contributed by atoms with Gasteiger partial charge in [0, 0.05) is 36.6 Å². The maximum Gasteiger partial charge on any atom is 0.324 e. The summed E-state index contributed by atoms with van der Waals surface area (Å²) in [6.45, 7) is 5.56. The number of hydrogen-bond acceptors (Lipinski definition) is 7. The number of likely N-dealkylation sites (N-methyl/N-ethyl adjacent to an activating group) is 2. The summed E-state index contributed by atoms with van der Waals surface area (Å²) in [5, 5.41) is 3.66. The Morgan fingerprint density at radius 3 is 2.63 bits per heavy atom. The van der Waals surface area contributed by atoms with Gasteiger partial charge in [0.2, 0.25) is 5.91 Å². The molecule has 0 aromatic carbocycles. The first kappa shape index (κ1) is 22.8. The molecule has 1 fully saturated rings. The van der Waals surface area contributed by atoms with Crippen molar-refractivity contribution < 1.29 is 9.59 Å². The number of imide groups is 1. The first-order valence-corrected chi connectivity index (χ1v) is 11.6. The molecule has 30 heavy (non-hydrogen) atoms. The van der Waals surface area contributed by atoms with E-state index in [1.54, 1.807) is 11.3 Å². The molecule has 0 radical (unpaired) electrons. The summed E-state index contributed by atoms with van der Waals surface area (Å²) in [5.41, 5.74) is 14.1. The van der Waals surface area contributed by atoms with Crippen LogP contribution in [0.2, 0.25) is 0 Å². The first-order chi connectivity index (χ1) is 14.1. The highest BCUT2D eigenvalue weighted by molar-refractivity contribution is 7.16. The topological polar surface area (TPSA) is 108 Å². The van der Waals surface area contributed by atoms with E-state index in [0.29, 0.717) is 35.7 Å². The summed E-state index contributed by atoms with van der Waals surface area (Å²) >= 11 is 1.60. The van der Waals surface area contributed by atoms with Crippen LogP contribution in [0.3, 0.4) is 0 Å². The van der Waals surface area contributed by atoms with E-state index < -0.39 is 0 Å². The van der Waals surface area contributed by atoms with E-state index >= 15 is 0 Å². The number of anilines is 2. The lowest BCUT2D eigenvalue weighted by molar-refractivity contribution is -0.135. The molecular formula is C21H36N6O2S. The summed E-state index contributed by atoms with van der Waals surface area (Å²) in [4.78, 5) is 33.0. The highest BCUT2D eigenvalue weighted by atomic mass is 32.1. The predicted molar refractivity (Wildman–Crippen MR) is 123 cm³/mol. The van der Waals surface area contributed by atoms with Gasteiger partial charge in [-0.1, -0.05) is 0 Å². The number of rotatable bonds is 5. The van der Waals surface area contributed by atoms with Gasteiger partial charge in [-0.2, -0.15) is 0 Å². The number of carbonyl (C=O) groups excluding carboxylic acids is 2. The number of nitrogens with one attached hydrogen (secondary N) is 1. The Hall–Kier alpha value is -1.84. The van der Waals surface area contributed by atoms with Crippen LogP contribution in [-0.2, 0) is 17.6 Å². The Balaban J connectivity index is 1.69. The lowest BCUT2D eigenvalue weighted by atomic mass is 9.74. The Bertz CT molecular complexity index is 795. The average molecular weight is 437 g/mol. The van der Waals surface area contributed by atoms with E-state index in [1.165, 1.54) is 15.3 Å². The van der Waals surface area contributed by atoms with Crippen LogP contribution in [0.5, 0.6) is 0 Å². The van der Waals surface area contributed by atoms with E-state index in [0.717, 1.165) is 25.8 Å².